The topological polar surface area (TPSA) is 41.1 Å². The van der Waals surface area contributed by atoms with E-state index in [1.165, 1.54) is 5.56 Å². The summed E-state index contributed by atoms with van der Waals surface area (Å²) in [5.74, 6) is 0.459. The van der Waals surface area contributed by atoms with Crippen molar-refractivity contribution < 1.29 is 4.79 Å². The fourth-order valence-electron chi connectivity index (χ4n) is 1.80. The van der Waals surface area contributed by atoms with Crippen molar-refractivity contribution in [2.45, 2.75) is 46.1 Å². The van der Waals surface area contributed by atoms with Gasteiger partial charge in [-0.2, -0.15) is 0 Å². The molecule has 0 bridgehead atoms. The molecule has 0 fully saturated rings. The lowest BCUT2D eigenvalue weighted by molar-refractivity contribution is -0.120. The van der Waals surface area contributed by atoms with Crippen LogP contribution < -0.4 is 10.6 Å². The Morgan fingerprint density at radius 2 is 1.83 bits per heavy atom. The Bertz CT molecular complexity index is 405. The van der Waals surface area contributed by atoms with Crippen LogP contribution in [0.2, 0.25) is 0 Å². The van der Waals surface area contributed by atoms with E-state index in [0.29, 0.717) is 12.5 Å². The Kier molecular flexibility index (Phi) is 4.76. The number of hydrogen-bond acceptors (Lipinski definition) is 2. The van der Waals surface area contributed by atoms with Crippen molar-refractivity contribution in [2.75, 3.05) is 11.9 Å². The van der Waals surface area contributed by atoms with Crippen LogP contribution in [0.15, 0.2) is 24.3 Å². The maximum atomic E-state index is 11.7. The number of carbonyl (C=O) groups excluding carboxylic acids is 1. The number of rotatable bonds is 4. The molecule has 0 atom stereocenters. The predicted molar refractivity (Wildman–Crippen MR) is 76.9 cm³/mol. The van der Waals surface area contributed by atoms with Gasteiger partial charge in [-0.25, -0.2) is 0 Å². The molecular weight excluding hydrogens is 224 g/mol. The maximum Gasteiger partial charge on any atom is 0.239 e. The second-order valence-electron chi connectivity index (χ2n) is 5.89. The number of benzene rings is 1. The molecule has 0 radical (unpaired) electrons. The minimum absolute atomic E-state index is 0.0149. The molecule has 0 heterocycles. The van der Waals surface area contributed by atoms with Gasteiger partial charge in [0.05, 0.1) is 6.54 Å². The maximum absolute atomic E-state index is 11.7. The lowest BCUT2D eigenvalue weighted by Crippen LogP contribution is -2.43. The zero-order chi connectivity index (χ0) is 13.8. The van der Waals surface area contributed by atoms with Gasteiger partial charge >= 0.3 is 0 Å². The van der Waals surface area contributed by atoms with Crippen LogP contribution in [0.25, 0.3) is 0 Å². The van der Waals surface area contributed by atoms with Gasteiger partial charge in [-0.1, -0.05) is 32.0 Å². The monoisotopic (exact) mass is 248 g/mol. The second kappa shape index (κ2) is 5.89. The molecule has 18 heavy (non-hydrogen) atoms. The summed E-state index contributed by atoms with van der Waals surface area (Å²) in [6.45, 7) is 10.5. The van der Waals surface area contributed by atoms with Gasteiger partial charge in [-0.15, -0.1) is 0 Å². The average molecular weight is 248 g/mol. The summed E-state index contributed by atoms with van der Waals surface area (Å²) in [4.78, 5) is 11.7. The first-order chi connectivity index (χ1) is 8.29. The molecule has 1 aromatic carbocycles. The zero-order valence-corrected chi connectivity index (χ0v) is 12.0. The predicted octanol–water partition coefficient (Wildman–Crippen LogP) is 3.14. The summed E-state index contributed by atoms with van der Waals surface area (Å²) in [7, 11) is 0. The van der Waals surface area contributed by atoms with Gasteiger partial charge in [0.1, 0.15) is 0 Å². The van der Waals surface area contributed by atoms with Crippen molar-refractivity contribution >= 4 is 11.6 Å². The van der Waals surface area contributed by atoms with E-state index in [0.717, 1.165) is 5.69 Å². The van der Waals surface area contributed by atoms with Gasteiger partial charge in [-0.05, 0) is 38.3 Å². The third-order valence-corrected chi connectivity index (χ3v) is 2.54. The molecule has 0 unspecified atom stereocenters. The van der Waals surface area contributed by atoms with Gasteiger partial charge in [-0.3, -0.25) is 4.79 Å². The van der Waals surface area contributed by atoms with Gasteiger partial charge < -0.3 is 10.6 Å². The van der Waals surface area contributed by atoms with Gasteiger partial charge in [0.2, 0.25) is 5.91 Å². The lowest BCUT2D eigenvalue weighted by Gasteiger charge is -2.21. The molecule has 0 saturated carbocycles. The molecule has 0 aliphatic rings. The molecule has 3 nitrogen and oxygen atoms in total. The van der Waals surface area contributed by atoms with Crippen LogP contribution >= 0.6 is 0 Å². The van der Waals surface area contributed by atoms with Crippen LogP contribution in [0.1, 0.15) is 46.1 Å². The number of nitrogens with one attached hydrogen (secondary N) is 2. The Morgan fingerprint density at radius 1 is 1.22 bits per heavy atom. The molecule has 2 N–H and O–H groups in total. The van der Waals surface area contributed by atoms with Crippen molar-refractivity contribution in [3.05, 3.63) is 29.8 Å². The van der Waals surface area contributed by atoms with Crippen LogP contribution in [0.4, 0.5) is 5.69 Å². The number of para-hydroxylation sites is 1. The number of amides is 1. The van der Waals surface area contributed by atoms with Gasteiger partial charge in [0, 0.05) is 11.2 Å². The Morgan fingerprint density at radius 3 is 2.39 bits per heavy atom. The summed E-state index contributed by atoms with van der Waals surface area (Å²) in [5.41, 5.74) is 2.09. The van der Waals surface area contributed by atoms with E-state index in [-0.39, 0.29) is 11.4 Å². The summed E-state index contributed by atoms with van der Waals surface area (Å²) in [6.07, 6.45) is 0. The minimum Gasteiger partial charge on any atom is -0.376 e. The number of anilines is 1. The third kappa shape index (κ3) is 4.78. The molecule has 0 spiro atoms. The summed E-state index contributed by atoms with van der Waals surface area (Å²) >= 11 is 0. The fraction of sp³-hybridized carbons (Fsp3) is 0.533. The molecule has 100 valence electrons. The SMILES string of the molecule is CC(C)c1ccccc1NCC(=O)NC(C)(C)C. The molecule has 0 aliphatic carbocycles. The molecule has 1 amide bonds. The Labute approximate surface area is 110 Å². The number of hydrogen-bond donors (Lipinski definition) is 2. The highest BCUT2D eigenvalue weighted by Crippen LogP contribution is 2.23. The van der Waals surface area contributed by atoms with Crippen LogP contribution in [-0.2, 0) is 4.79 Å². The smallest absolute Gasteiger partial charge is 0.239 e. The van der Waals surface area contributed by atoms with Crippen molar-refractivity contribution in [3.8, 4) is 0 Å². The van der Waals surface area contributed by atoms with Gasteiger partial charge in [0.15, 0.2) is 0 Å². The summed E-state index contributed by atoms with van der Waals surface area (Å²) in [6, 6.07) is 8.11. The average Bonchev–Trinajstić information content (AvgIpc) is 2.24. The Balaban J connectivity index is 2.61. The van der Waals surface area contributed by atoms with Crippen LogP contribution in [0, 0.1) is 0 Å². The van der Waals surface area contributed by atoms with E-state index in [1.54, 1.807) is 0 Å². The molecule has 0 aromatic heterocycles. The minimum atomic E-state index is -0.184. The fourth-order valence-corrected chi connectivity index (χ4v) is 1.80. The molecule has 3 heteroatoms. The van der Waals surface area contributed by atoms with E-state index in [1.807, 2.05) is 39.0 Å². The standard InChI is InChI=1S/C15H24N2O/c1-11(2)12-8-6-7-9-13(12)16-10-14(18)17-15(3,4)5/h6-9,11,16H,10H2,1-5H3,(H,17,18). The van der Waals surface area contributed by atoms with Crippen LogP contribution in [0.5, 0.6) is 0 Å². The van der Waals surface area contributed by atoms with E-state index < -0.39 is 0 Å². The van der Waals surface area contributed by atoms with Crippen molar-refractivity contribution in [1.82, 2.24) is 5.32 Å². The molecule has 1 aromatic rings. The van der Waals surface area contributed by atoms with E-state index in [4.69, 9.17) is 0 Å². The van der Waals surface area contributed by atoms with Crippen LogP contribution in [0.3, 0.4) is 0 Å². The molecule has 1 rings (SSSR count). The molecular formula is C15H24N2O. The highest BCUT2D eigenvalue weighted by Gasteiger charge is 2.13. The van der Waals surface area contributed by atoms with Gasteiger partial charge in [0.25, 0.3) is 0 Å². The van der Waals surface area contributed by atoms with E-state index in [2.05, 4.69) is 30.5 Å². The highest BCUT2D eigenvalue weighted by molar-refractivity contribution is 5.81. The summed E-state index contributed by atoms with van der Waals surface area (Å²) in [5, 5.41) is 6.14. The third-order valence-electron chi connectivity index (χ3n) is 2.54. The second-order valence-corrected chi connectivity index (χ2v) is 5.89. The van der Waals surface area contributed by atoms with E-state index in [9.17, 15) is 4.79 Å². The zero-order valence-electron chi connectivity index (χ0n) is 12.0. The summed E-state index contributed by atoms with van der Waals surface area (Å²) < 4.78 is 0. The van der Waals surface area contributed by atoms with Crippen molar-refractivity contribution in [2.24, 2.45) is 0 Å². The quantitative estimate of drug-likeness (QED) is 0.859. The molecule has 0 aliphatic heterocycles. The van der Waals surface area contributed by atoms with Crippen LogP contribution in [-0.4, -0.2) is 18.0 Å². The Hall–Kier alpha value is -1.51. The molecule has 0 saturated heterocycles. The number of carbonyl (C=O) groups is 1. The van der Waals surface area contributed by atoms with Crippen molar-refractivity contribution in [1.29, 1.82) is 0 Å². The first-order valence-corrected chi connectivity index (χ1v) is 6.43. The largest absolute Gasteiger partial charge is 0.376 e. The first-order valence-electron chi connectivity index (χ1n) is 6.43. The first kappa shape index (κ1) is 14.6. The normalized spacial score (nSPS) is 11.4. The van der Waals surface area contributed by atoms with Crippen molar-refractivity contribution in [3.63, 3.8) is 0 Å². The van der Waals surface area contributed by atoms with E-state index >= 15 is 0 Å². The highest BCUT2D eigenvalue weighted by atomic mass is 16.2. The lowest BCUT2D eigenvalue weighted by atomic mass is 10.0.